The number of nitrogens with zero attached hydrogens (tertiary/aromatic N) is 1. The van der Waals surface area contributed by atoms with Gasteiger partial charge in [-0.05, 0) is 80.9 Å². The largest absolute Gasteiger partial charge is 0.368 e. The molecule has 2 aromatic carbocycles. The summed E-state index contributed by atoms with van der Waals surface area (Å²) < 4.78 is 1.06. The summed E-state index contributed by atoms with van der Waals surface area (Å²) in [6.07, 6.45) is 4.94. The molecule has 4 heterocycles. The van der Waals surface area contributed by atoms with Gasteiger partial charge >= 0.3 is 0 Å². The van der Waals surface area contributed by atoms with Crippen LogP contribution in [0.5, 0.6) is 0 Å². The second kappa shape index (κ2) is 19.6. The van der Waals surface area contributed by atoms with Crippen molar-refractivity contribution < 1.29 is 24.0 Å². The number of nitrogens with one attached hydrogen (secondary N) is 6. The Morgan fingerprint density at radius 3 is 2.20 bits per heavy atom. The number of hydrogen-bond donors (Lipinski definition) is 8. The van der Waals surface area contributed by atoms with Gasteiger partial charge in [-0.1, -0.05) is 36.4 Å². The molecule has 5 aromatic rings. The van der Waals surface area contributed by atoms with Crippen LogP contribution in [0.4, 0.5) is 0 Å². The molecular formula is C40H49N9O5S2. The highest BCUT2D eigenvalue weighted by atomic mass is 32.1. The van der Waals surface area contributed by atoms with E-state index in [1.807, 2.05) is 54.6 Å². The van der Waals surface area contributed by atoms with Crippen LogP contribution in [-0.4, -0.2) is 83.3 Å². The van der Waals surface area contributed by atoms with E-state index in [1.165, 1.54) is 11.3 Å². The second-order valence-electron chi connectivity index (χ2n) is 14.2. The molecule has 0 bridgehead atoms. The first kappa shape index (κ1) is 40.5. The minimum atomic E-state index is -1.16. The number of aromatic amines is 1. The van der Waals surface area contributed by atoms with Gasteiger partial charge in [-0.3, -0.25) is 24.0 Å². The Morgan fingerprint density at radius 1 is 0.821 bits per heavy atom. The molecule has 0 saturated carbocycles. The molecule has 56 heavy (non-hydrogen) atoms. The Balaban J connectivity index is 1.27. The summed E-state index contributed by atoms with van der Waals surface area (Å²) >= 11 is 2.89. The molecule has 1 aliphatic rings. The van der Waals surface area contributed by atoms with Crippen LogP contribution in [0.1, 0.15) is 48.2 Å². The van der Waals surface area contributed by atoms with Gasteiger partial charge < -0.3 is 43.0 Å². The van der Waals surface area contributed by atoms with E-state index in [9.17, 15) is 24.0 Å². The van der Waals surface area contributed by atoms with Crippen LogP contribution < -0.4 is 38.1 Å². The maximum atomic E-state index is 14.5. The molecule has 14 nitrogen and oxygen atoms in total. The van der Waals surface area contributed by atoms with Crippen molar-refractivity contribution in [1.82, 2.24) is 36.6 Å². The molecule has 0 radical (unpaired) electrons. The summed E-state index contributed by atoms with van der Waals surface area (Å²) in [5.41, 5.74) is 15.1. The third kappa shape index (κ3) is 10.8. The van der Waals surface area contributed by atoms with Gasteiger partial charge in [-0.2, -0.15) is 0 Å². The first-order valence-electron chi connectivity index (χ1n) is 19.0. The normalized spacial score (nSPS) is 15.4. The lowest BCUT2D eigenvalue weighted by Gasteiger charge is -2.27. The van der Waals surface area contributed by atoms with E-state index in [-0.39, 0.29) is 31.1 Å². The van der Waals surface area contributed by atoms with E-state index in [1.54, 1.807) is 28.4 Å². The van der Waals surface area contributed by atoms with Crippen LogP contribution in [-0.2, 0) is 43.2 Å². The first-order chi connectivity index (χ1) is 27.2. The number of carbonyl (C=O) groups is 5. The zero-order valence-electron chi connectivity index (χ0n) is 31.1. The fraction of sp³-hybridized carbons (Fsp3) is 0.400. The number of hydrogen-bond acceptors (Lipinski definition) is 10. The molecule has 0 spiro atoms. The van der Waals surface area contributed by atoms with Gasteiger partial charge in [0.15, 0.2) is 0 Å². The Bertz CT molecular complexity index is 2080. The van der Waals surface area contributed by atoms with Crippen molar-refractivity contribution in [3.63, 3.8) is 0 Å². The molecule has 5 amide bonds. The average molecular weight is 800 g/mol. The summed E-state index contributed by atoms with van der Waals surface area (Å²) in [4.78, 5) is 77.1. The molecule has 0 unspecified atom stereocenters. The van der Waals surface area contributed by atoms with Gasteiger partial charge in [-0.15, -0.1) is 22.7 Å². The summed E-state index contributed by atoms with van der Waals surface area (Å²) in [5.74, 6) is -2.92. The van der Waals surface area contributed by atoms with Crippen molar-refractivity contribution in [2.24, 2.45) is 17.4 Å². The molecule has 0 aliphatic carbocycles. The third-order valence-electron chi connectivity index (χ3n) is 10.1. The maximum Gasteiger partial charge on any atom is 0.243 e. The topological polar surface area (TPSA) is 226 Å². The number of aromatic nitrogens is 2. The Labute approximate surface area is 333 Å². The minimum Gasteiger partial charge on any atom is -0.368 e. The molecule has 10 N–H and O–H groups in total. The van der Waals surface area contributed by atoms with E-state index in [2.05, 4.69) is 36.6 Å². The number of thiazole rings is 1. The Morgan fingerprint density at radius 2 is 1.50 bits per heavy atom. The minimum absolute atomic E-state index is 0.0317. The molecule has 16 heteroatoms. The molecule has 1 saturated heterocycles. The molecular weight excluding hydrogens is 751 g/mol. The van der Waals surface area contributed by atoms with Crippen LogP contribution in [0, 0.1) is 5.92 Å². The molecule has 1 fully saturated rings. The zero-order valence-corrected chi connectivity index (χ0v) is 32.7. The van der Waals surface area contributed by atoms with Gasteiger partial charge in [-0.25, -0.2) is 4.98 Å². The van der Waals surface area contributed by atoms with Crippen molar-refractivity contribution in [2.45, 2.75) is 75.5 Å². The lowest BCUT2D eigenvalue weighted by molar-refractivity contribution is -0.135. The predicted octanol–water partition coefficient (Wildman–Crippen LogP) is 2.42. The number of unbranched alkanes of at least 4 members (excludes halogenated alkanes) is 1. The Hall–Kier alpha value is -5.16. The number of benzene rings is 2. The zero-order chi connectivity index (χ0) is 39.4. The van der Waals surface area contributed by atoms with Gasteiger partial charge in [0.25, 0.3) is 0 Å². The van der Waals surface area contributed by atoms with Crippen molar-refractivity contribution in [1.29, 1.82) is 0 Å². The monoisotopic (exact) mass is 799 g/mol. The van der Waals surface area contributed by atoms with Crippen molar-refractivity contribution in [2.75, 3.05) is 19.6 Å². The summed E-state index contributed by atoms with van der Waals surface area (Å²) in [5, 5.41) is 18.5. The number of H-pyrrole nitrogens is 1. The molecule has 1 aliphatic heterocycles. The number of nitrogens with two attached hydrogens (primary N) is 2. The highest BCUT2D eigenvalue weighted by molar-refractivity contribution is 7.19. The fourth-order valence-electron chi connectivity index (χ4n) is 7.00. The van der Waals surface area contributed by atoms with Crippen molar-refractivity contribution >= 4 is 73.2 Å². The first-order valence-corrected chi connectivity index (χ1v) is 20.8. The maximum absolute atomic E-state index is 14.5. The Kier molecular flexibility index (Phi) is 14.2. The molecule has 3 aromatic heterocycles. The summed E-state index contributed by atoms with van der Waals surface area (Å²) in [7, 11) is 0. The standard InChI is InChI=1S/C40H49N9O5S2/c41-14-6-5-10-31(36(42)50)46-39(53)33(19-27-22-55-23-45-27)49-38(52)32(18-26-21-44-30-9-3-2-8-29(26)30)48-40(54)34(47-37(51)24-12-15-43-16-13-24)20-28-17-25-7-1-4-11-35(25)56-28/h1-4,7-9,11,17,21-24,31-34,43-44H,5-6,10,12-16,18-20,41H2,(H2,42,50)(H,46,53)(H,47,51)(H,48,54)(H,49,52)/t31-,32+,33-,34+/m0/s1. The fourth-order valence-corrected chi connectivity index (χ4v) is 8.68. The van der Waals surface area contributed by atoms with Crippen LogP contribution in [0.3, 0.4) is 0 Å². The third-order valence-corrected chi connectivity index (χ3v) is 11.9. The number of rotatable bonds is 19. The SMILES string of the molecule is NCCCC[C@H](NC(=O)[C@H](Cc1cscn1)NC(=O)[C@@H](Cc1c[nH]c2ccccc12)NC(=O)[C@@H](Cc1cc2ccccc2s1)NC(=O)C1CCNCC1)C(N)=O. The van der Waals surface area contributed by atoms with Crippen LogP contribution in [0.15, 0.2) is 71.7 Å². The second-order valence-corrected chi connectivity index (χ2v) is 16.0. The van der Waals surface area contributed by atoms with E-state index in [4.69, 9.17) is 11.5 Å². The highest BCUT2D eigenvalue weighted by Gasteiger charge is 2.33. The summed E-state index contributed by atoms with van der Waals surface area (Å²) in [6, 6.07) is 13.3. The average Bonchev–Trinajstić information content (AvgIpc) is 3.97. The van der Waals surface area contributed by atoms with E-state index in [0.717, 1.165) is 31.4 Å². The van der Waals surface area contributed by atoms with Crippen molar-refractivity contribution in [3.8, 4) is 0 Å². The molecule has 4 atom stereocenters. The highest BCUT2D eigenvalue weighted by Crippen LogP contribution is 2.27. The number of piperidine rings is 1. The lowest BCUT2D eigenvalue weighted by Crippen LogP contribution is -2.59. The van der Waals surface area contributed by atoms with Crippen LogP contribution in [0.25, 0.3) is 21.0 Å². The quantitative estimate of drug-likeness (QED) is 0.0578. The number of thiophene rings is 1. The molecule has 6 rings (SSSR count). The van der Waals surface area contributed by atoms with E-state index < -0.39 is 47.8 Å². The van der Waals surface area contributed by atoms with Gasteiger partial charge in [0.05, 0.1) is 11.2 Å². The van der Waals surface area contributed by atoms with Gasteiger partial charge in [0, 0.05) is 57.2 Å². The number of para-hydroxylation sites is 1. The van der Waals surface area contributed by atoms with E-state index in [0.29, 0.717) is 57.4 Å². The molecule has 296 valence electrons. The summed E-state index contributed by atoms with van der Waals surface area (Å²) in [6.45, 7) is 1.85. The van der Waals surface area contributed by atoms with Crippen LogP contribution >= 0.6 is 22.7 Å². The predicted molar refractivity (Wildman–Crippen MR) is 219 cm³/mol. The van der Waals surface area contributed by atoms with Gasteiger partial charge in [0.1, 0.15) is 24.2 Å². The van der Waals surface area contributed by atoms with E-state index >= 15 is 0 Å². The van der Waals surface area contributed by atoms with Crippen molar-refractivity contribution in [3.05, 3.63) is 87.8 Å². The van der Waals surface area contributed by atoms with Crippen LogP contribution in [0.2, 0.25) is 0 Å². The number of carbonyl (C=O) groups excluding carboxylic acids is 5. The number of fused-ring (bicyclic) bond motifs is 2. The smallest absolute Gasteiger partial charge is 0.243 e. The number of amides is 5. The lowest BCUT2D eigenvalue weighted by atomic mass is 9.96. The van der Waals surface area contributed by atoms with Gasteiger partial charge in [0.2, 0.25) is 29.5 Å². The number of primary amides is 1.